The molecule has 16 heavy (non-hydrogen) atoms. The summed E-state index contributed by atoms with van der Waals surface area (Å²) in [6, 6.07) is 2.40. The van der Waals surface area contributed by atoms with Crippen LogP contribution in [0.4, 0.5) is 10.1 Å². The van der Waals surface area contributed by atoms with Crippen LogP contribution in [-0.4, -0.2) is 10.8 Å². The van der Waals surface area contributed by atoms with Gasteiger partial charge in [-0.25, -0.2) is 0 Å². The van der Waals surface area contributed by atoms with E-state index in [2.05, 4.69) is 0 Å². The molecule has 86 valence electrons. The van der Waals surface area contributed by atoms with Gasteiger partial charge in [0.2, 0.25) is 5.82 Å². The van der Waals surface area contributed by atoms with E-state index < -0.39 is 16.4 Å². The normalized spacial score (nSPS) is 10.9. The van der Waals surface area contributed by atoms with E-state index in [9.17, 15) is 14.5 Å². The molecule has 0 aliphatic heterocycles. The minimum atomic E-state index is -0.818. The highest BCUT2D eigenvalue weighted by molar-refractivity contribution is 6.17. The molecule has 0 unspecified atom stereocenters. The molecule has 0 bridgehead atoms. The number of benzene rings is 1. The number of hydrogen-bond donors (Lipinski definition) is 0. The lowest BCUT2D eigenvalue weighted by molar-refractivity contribution is -0.387. The first-order valence-corrected chi connectivity index (χ1v) is 5.26. The van der Waals surface area contributed by atoms with E-state index in [0.717, 1.165) is 6.07 Å². The number of rotatable bonds is 4. The molecule has 3 nitrogen and oxygen atoms in total. The van der Waals surface area contributed by atoms with Crippen molar-refractivity contribution in [2.75, 3.05) is 5.88 Å². The number of nitro groups is 1. The van der Waals surface area contributed by atoms with Crippen molar-refractivity contribution in [1.29, 1.82) is 0 Å². The van der Waals surface area contributed by atoms with Gasteiger partial charge >= 0.3 is 5.69 Å². The lowest BCUT2D eigenvalue weighted by atomic mass is 10.1. The monoisotopic (exact) mass is 243 g/mol. The summed E-state index contributed by atoms with van der Waals surface area (Å²) in [5, 5.41) is 10.5. The van der Waals surface area contributed by atoms with Crippen LogP contribution in [0.25, 0.3) is 6.08 Å². The molecule has 0 saturated carbocycles. The number of hydrogen-bond acceptors (Lipinski definition) is 2. The second-order valence-electron chi connectivity index (χ2n) is 3.30. The van der Waals surface area contributed by atoms with Gasteiger partial charge in [0.15, 0.2) is 0 Å². The maximum Gasteiger partial charge on any atom is 0.305 e. The Kier molecular flexibility index (Phi) is 4.43. The van der Waals surface area contributed by atoms with Crippen molar-refractivity contribution in [2.24, 2.45) is 0 Å². The average molecular weight is 244 g/mol. The van der Waals surface area contributed by atoms with Gasteiger partial charge in [0.25, 0.3) is 0 Å². The van der Waals surface area contributed by atoms with Crippen molar-refractivity contribution < 1.29 is 9.31 Å². The number of allylic oxidation sites excluding steroid dienone is 1. The number of halogens is 2. The van der Waals surface area contributed by atoms with Gasteiger partial charge in [-0.2, -0.15) is 4.39 Å². The predicted molar refractivity (Wildman–Crippen MR) is 62.2 cm³/mol. The highest BCUT2D eigenvalue weighted by Gasteiger charge is 2.15. The Morgan fingerprint density at radius 1 is 1.56 bits per heavy atom. The Morgan fingerprint density at radius 3 is 2.81 bits per heavy atom. The van der Waals surface area contributed by atoms with Crippen molar-refractivity contribution >= 4 is 23.4 Å². The summed E-state index contributed by atoms with van der Waals surface area (Å²) in [4.78, 5) is 9.75. The Bertz CT molecular complexity index is 432. The Balaban J connectivity index is 3.05. The third-order valence-corrected chi connectivity index (χ3v) is 2.32. The summed E-state index contributed by atoms with van der Waals surface area (Å²) < 4.78 is 13.3. The summed E-state index contributed by atoms with van der Waals surface area (Å²) in [5.41, 5.74) is 0.805. The molecule has 0 aliphatic rings. The SMILES string of the molecule is Cc1cc([N+](=O)[O-])c(F)cc1C=CCCCl. The van der Waals surface area contributed by atoms with E-state index in [1.165, 1.54) is 6.07 Å². The molecule has 0 saturated heterocycles. The largest absolute Gasteiger partial charge is 0.305 e. The highest BCUT2D eigenvalue weighted by Crippen LogP contribution is 2.22. The average Bonchev–Trinajstić information content (AvgIpc) is 2.22. The number of aryl methyl sites for hydroxylation is 1. The zero-order chi connectivity index (χ0) is 12.1. The fraction of sp³-hybridized carbons (Fsp3) is 0.273. The number of nitro benzene ring substituents is 1. The van der Waals surface area contributed by atoms with Gasteiger partial charge in [0.05, 0.1) is 4.92 Å². The molecule has 0 fully saturated rings. The Hall–Kier alpha value is -1.42. The molecule has 0 N–H and O–H groups in total. The summed E-state index contributed by atoms with van der Waals surface area (Å²) in [6.45, 7) is 1.70. The van der Waals surface area contributed by atoms with Gasteiger partial charge in [0, 0.05) is 11.9 Å². The molecule has 1 rings (SSSR count). The van der Waals surface area contributed by atoms with Crippen molar-refractivity contribution in [3.63, 3.8) is 0 Å². The molecule has 0 atom stereocenters. The van der Waals surface area contributed by atoms with Gasteiger partial charge < -0.3 is 0 Å². The Morgan fingerprint density at radius 2 is 2.25 bits per heavy atom. The predicted octanol–water partition coefficient (Wildman–Crippen LogP) is 3.68. The van der Waals surface area contributed by atoms with E-state index in [-0.39, 0.29) is 0 Å². The highest BCUT2D eigenvalue weighted by atomic mass is 35.5. The first kappa shape index (κ1) is 12.6. The van der Waals surface area contributed by atoms with E-state index in [4.69, 9.17) is 11.6 Å². The molecule has 5 heteroatoms. The number of alkyl halides is 1. The van der Waals surface area contributed by atoms with Gasteiger partial charge in [-0.1, -0.05) is 12.2 Å². The summed E-state index contributed by atoms with van der Waals surface area (Å²) in [7, 11) is 0. The maximum absolute atomic E-state index is 13.3. The standard InChI is InChI=1S/C11H11ClFNO2/c1-8-6-11(14(15)16)10(13)7-9(8)4-2-3-5-12/h2,4,6-7H,3,5H2,1H3. The molecular formula is C11H11ClFNO2. The van der Waals surface area contributed by atoms with E-state index in [1.807, 2.05) is 0 Å². The fourth-order valence-electron chi connectivity index (χ4n) is 1.27. The van der Waals surface area contributed by atoms with Crippen LogP contribution in [0.2, 0.25) is 0 Å². The summed E-state index contributed by atoms with van der Waals surface area (Å²) in [6.07, 6.45) is 4.20. The molecule has 1 aromatic rings. The molecule has 0 aliphatic carbocycles. The molecule has 0 heterocycles. The van der Waals surface area contributed by atoms with Crippen LogP contribution in [0.5, 0.6) is 0 Å². The maximum atomic E-state index is 13.3. The minimum Gasteiger partial charge on any atom is -0.258 e. The molecular weight excluding hydrogens is 233 g/mol. The van der Waals surface area contributed by atoms with Crippen LogP contribution in [0.15, 0.2) is 18.2 Å². The van der Waals surface area contributed by atoms with Crippen molar-refractivity contribution in [2.45, 2.75) is 13.3 Å². The zero-order valence-electron chi connectivity index (χ0n) is 8.74. The van der Waals surface area contributed by atoms with E-state index in [1.54, 1.807) is 19.1 Å². The zero-order valence-corrected chi connectivity index (χ0v) is 9.50. The van der Waals surface area contributed by atoms with E-state index >= 15 is 0 Å². The first-order valence-electron chi connectivity index (χ1n) is 4.73. The number of nitrogens with zero attached hydrogens (tertiary/aromatic N) is 1. The molecule has 0 radical (unpaired) electrons. The van der Waals surface area contributed by atoms with Gasteiger partial charge in [-0.15, -0.1) is 11.6 Å². The Labute approximate surface area is 97.7 Å². The first-order chi connectivity index (χ1) is 7.56. The third-order valence-electron chi connectivity index (χ3n) is 2.11. The second-order valence-corrected chi connectivity index (χ2v) is 3.68. The van der Waals surface area contributed by atoms with Crippen LogP contribution >= 0.6 is 11.6 Å². The van der Waals surface area contributed by atoms with Crippen LogP contribution in [-0.2, 0) is 0 Å². The topological polar surface area (TPSA) is 43.1 Å². The van der Waals surface area contributed by atoms with Crippen LogP contribution in [0, 0.1) is 22.9 Å². The molecule has 0 amide bonds. The molecule has 0 spiro atoms. The summed E-state index contributed by atoms with van der Waals surface area (Å²) in [5.74, 6) is -0.327. The second kappa shape index (κ2) is 5.61. The van der Waals surface area contributed by atoms with Crippen molar-refractivity contribution in [1.82, 2.24) is 0 Å². The van der Waals surface area contributed by atoms with Crippen LogP contribution in [0.3, 0.4) is 0 Å². The van der Waals surface area contributed by atoms with E-state index in [0.29, 0.717) is 23.4 Å². The lowest BCUT2D eigenvalue weighted by Gasteiger charge is -2.01. The smallest absolute Gasteiger partial charge is 0.258 e. The molecule has 1 aromatic carbocycles. The van der Waals surface area contributed by atoms with Gasteiger partial charge in [-0.05, 0) is 30.5 Å². The van der Waals surface area contributed by atoms with Gasteiger partial charge in [0.1, 0.15) is 0 Å². The van der Waals surface area contributed by atoms with Crippen LogP contribution in [0.1, 0.15) is 17.5 Å². The van der Waals surface area contributed by atoms with Crippen molar-refractivity contribution in [3.05, 3.63) is 45.3 Å². The molecule has 0 aromatic heterocycles. The summed E-state index contributed by atoms with van der Waals surface area (Å²) >= 11 is 5.49. The fourth-order valence-corrected chi connectivity index (χ4v) is 1.40. The van der Waals surface area contributed by atoms with Crippen molar-refractivity contribution in [3.8, 4) is 0 Å². The minimum absolute atomic E-state index is 0.491. The third kappa shape index (κ3) is 3.03. The van der Waals surface area contributed by atoms with Gasteiger partial charge in [-0.3, -0.25) is 10.1 Å². The lowest BCUT2D eigenvalue weighted by Crippen LogP contribution is -1.95. The van der Waals surface area contributed by atoms with Crippen LogP contribution < -0.4 is 0 Å². The quantitative estimate of drug-likeness (QED) is 0.460.